The highest BCUT2D eigenvalue weighted by Gasteiger charge is 2.51. The Labute approximate surface area is 109 Å². The molecule has 4 heteroatoms. The van der Waals surface area contributed by atoms with E-state index < -0.39 is 0 Å². The number of fused-ring (bicyclic) bond motifs is 1. The van der Waals surface area contributed by atoms with Gasteiger partial charge in [0, 0.05) is 24.5 Å². The summed E-state index contributed by atoms with van der Waals surface area (Å²) in [6.07, 6.45) is 5.82. The number of hydrogen-bond acceptors (Lipinski definition) is 3. The summed E-state index contributed by atoms with van der Waals surface area (Å²) in [7, 11) is 0. The molecule has 6 atom stereocenters. The zero-order chi connectivity index (χ0) is 12.7. The molecule has 1 aliphatic heterocycles. The third-order valence-electron chi connectivity index (χ3n) is 5.18. The first kappa shape index (κ1) is 12.4. The molecule has 0 bridgehead atoms. The topological polar surface area (TPSA) is 64.4 Å². The van der Waals surface area contributed by atoms with Gasteiger partial charge in [-0.15, -0.1) is 0 Å². The number of hydrogen-bond donors (Lipinski definition) is 2. The van der Waals surface area contributed by atoms with Gasteiger partial charge in [-0.05, 0) is 31.6 Å². The van der Waals surface area contributed by atoms with Crippen LogP contribution in [0.2, 0.25) is 0 Å². The molecule has 2 saturated carbocycles. The molecule has 3 aliphatic rings. The Bertz CT molecular complexity index is 334. The highest BCUT2D eigenvalue weighted by Crippen LogP contribution is 2.38. The summed E-state index contributed by atoms with van der Waals surface area (Å²) in [4.78, 5) is 12.3. The van der Waals surface area contributed by atoms with Gasteiger partial charge in [-0.25, -0.2) is 0 Å². The quantitative estimate of drug-likeness (QED) is 0.772. The fourth-order valence-corrected chi connectivity index (χ4v) is 3.93. The van der Waals surface area contributed by atoms with E-state index in [1.54, 1.807) is 0 Å². The van der Waals surface area contributed by atoms with Crippen LogP contribution in [0.4, 0.5) is 0 Å². The van der Waals surface area contributed by atoms with E-state index in [-0.39, 0.29) is 30.0 Å². The number of amides is 1. The van der Waals surface area contributed by atoms with Crippen LogP contribution >= 0.6 is 0 Å². The summed E-state index contributed by atoms with van der Waals surface area (Å²) in [5.74, 6) is 1.38. The minimum Gasteiger partial charge on any atom is -0.376 e. The van der Waals surface area contributed by atoms with Gasteiger partial charge in [0.1, 0.15) is 0 Å². The molecule has 0 aromatic heterocycles. The normalized spacial score (nSPS) is 47.2. The fourth-order valence-electron chi connectivity index (χ4n) is 3.93. The summed E-state index contributed by atoms with van der Waals surface area (Å²) in [5, 5.41) is 3.15. The minimum atomic E-state index is 0.0515. The van der Waals surface area contributed by atoms with Crippen LogP contribution in [0.1, 0.15) is 39.0 Å². The largest absolute Gasteiger partial charge is 0.376 e. The summed E-state index contributed by atoms with van der Waals surface area (Å²) in [6, 6.07) is 0.145. The number of carbonyl (C=O) groups is 1. The van der Waals surface area contributed by atoms with E-state index in [9.17, 15) is 4.79 Å². The van der Waals surface area contributed by atoms with Crippen molar-refractivity contribution in [1.29, 1.82) is 0 Å². The van der Waals surface area contributed by atoms with Crippen molar-refractivity contribution in [3.8, 4) is 0 Å². The summed E-state index contributed by atoms with van der Waals surface area (Å²) in [5.41, 5.74) is 6.16. The lowest BCUT2D eigenvalue weighted by atomic mass is 9.68. The Balaban J connectivity index is 1.58. The Morgan fingerprint density at radius 2 is 2.11 bits per heavy atom. The molecule has 3 N–H and O–H groups in total. The fraction of sp³-hybridized carbons (Fsp3) is 0.929. The first-order valence-corrected chi connectivity index (χ1v) is 7.36. The third-order valence-corrected chi connectivity index (χ3v) is 5.18. The molecule has 1 amide bonds. The first-order chi connectivity index (χ1) is 8.68. The molecule has 0 spiro atoms. The predicted octanol–water partition coefficient (Wildman–Crippen LogP) is 1.04. The monoisotopic (exact) mass is 252 g/mol. The van der Waals surface area contributed by atoms with Crippen molar-refractivity contribution in [2.24, 2.45) is 23.5 Å². The average Bonchev–Trinajstić information content (AvgIpc) is 2.81. The summed E-state index contributed by atoms with van der Waals surface area (Å²) >= 11 is 0. The number of nitrogens with one attached hydrogen (secondary N) is 1. The van der Waals surface area contributed by atoms with Crippen molar-refractivity contribution in [3.05, 3.63) is 0 Å². The van der Waals surface area contributed by atoms with Gasteiger partial charge in [0.15, 0.2) is 0 Å². The second-order valence-electron chi connectivity index (χ2n) is 6.27. The standard InChI is InChI=1S/C14H24N2O2/c1-8-4-2-5-9(8)14(17)16-12-11(15)10-6-3-7-18-13(10)12/h8-13H,2-7,15H2,1H3,(H,16,17). The van der Waals surface area contributed by atoms with Crippen LogP contribution in [0.25, 0.3) is 0 Å². The van der Waals surface area contributed by atoms with Crippen LogP contribution in [0.15, 0.2) is 0 Å². The van der Waals surface area contributed by atoms with Crippen molar-refractivity contribution < 1.29 is 9.53 Å². The maximum absolute atomic E-state index is 12.3. The summed E-state index contributed by atoms with van der Waals surface area (Å²) < 4.78 is 5.76. The summed E-state index contributed by atoms with van der Waals surface area (Å²) in [6.45, 7) is 3.00. The average molecular weight is 252 g/mol. The van der Waals surface area contributed by atoms with E-state index in [0.717, 1.165) is 25.9 Å². The lowest BCUT2D eigenvalue weighted by Gasteiger charge is -2.52. The van der Waals surface area contributed by atoms with Gasteiger partial charge in [-0.2, -0.15) is 0 Å². The van der Waals surface area contributed by atoms with E-state index in [0.29, 0.717) is 11.8 Å². The van der Waals surface area contributed by atoms with Crippen molar-refractivity contribution in [2.75, 3.05) is 6.61 Å². The van der Waals surface area contributed by atoms with Crippen LogP contribution in [-0.4, -0.2) is 30.7 Å². The molecule has 1 saturated heterocycles. The van der Waals surface area contributed by atoms with Gasteiger partial charge in [-0.3, -0.25) is 4.79 Å². The molecule has 2 aliphatic carbocycles. The van der Waals surface area contributed by atoms with Crippen molar-refractivity contribution in [1.82, 2.24) is 5.32 Å². The van der Waals surface area contributed by atoms with E-state index >= 15 is 0 Å². The molecule has 6 unspecified atom stereocenters. The van der Waals surface area contributed by atoms with Crippen molar-refractivity contribution in [2.45, 2.75) is 57.2 Å². The SMILES string of the molecule is CC1CCCC1C(=O)NC1C(N)C2CCCOC21. The molecular weight excluding hydrogens is 228 g/mol. The van der Waals surface area contributed by atoms with Gasteiger partial charge in [0.25, 0.3) is 0 Å². The van der Waals surface area contributed by atoms with E-state index in [4.69, 9.17) is 10.5 Å². The lowest BCUT2D eigenvalue weighted by Crippen LogP contribution is -2.72. The van der Waals surface area contributed by atoms with Gasteiger partial charge < -0.3 is 15.8 Å². The highest BCUT2D eigenvalue weighted by atomic mass is 16.5. The highest BCUT2D eigenvalue weighted by molar-refractivity contribution is 5.79. The molecule has 0 radical (unpaired) electrons. The van der Waals surface area contributed by atoms with Crippen LogP contribution in [0.3, 0.4) is 0 Å². The molecule has 0 aromatic carbocycles. The van der Waals surface area contributed by atoms with Crippen LogP contribution in [-0.2, 0) is 9.53 Å². The predicted molar refractivity (Wildman–Crippen MR) is 68.9 cm³/mol. The molecule has 4 nitrogen and oxygen atoms in total. The van der Waals surface area contributed by atoms with Gasteiger partial charge in [0.05, 0.1) is 12.1 Å². The van der Waals surface area contributed by atoms with E-state index in [1.807, 2.05) is 0 Å². The third kappa shape index (κ3) is 1.95. The van der Waals surface area contributed by atoms with Gasteiger partial charge in [-0.1, -0.05) is 13.3 Å². The van der Waals surface area contributed by atoms with Gasteiger partial charge >= 0.3 is 0 Å². The smallest absolute Gasteiger partial charge is 0.223 e. The number of nitrogens with two attached hydrogens (primary N) is 1. The van der Waals surface area contributed by atoms with Crippen molar-refractivity contribution >= 4 is 5.91 Å². The van der Waals surface area contributed by atoms with Crippen LogP contribution < -0.4 is 11.1 Å². The zero-order valence-electron chi connectivity index (χ0n) is 11.1. The van der Waals surface area contributed by atoms with Crippen LogP contribution in [0.5, 0.6) is 0 Å². The number of carbonyl (C=O) groups excluding carboxylic acids is 1. The second-order valence-corrected chi connectivity index (χ2v) is 6.27. The molecule has 1 heterocycles. The van der Waals surface area contributed by atoms with Crippen molar-refractivity contribution in [3.63, 3.8) is 0 Å². The Kier molecular flexibility index (Phi) is 3.32. The zero-order valence-corrected chi connectivity index (χ0v) is 11.1. The maximum atomic E-state index is 12.3. The maximum Gasteiger partial charge on any atom is 0.223 e. The molecule has 3 rings (SSSR count). The number of rotatable bonds is 2. The Morgan fingerprint density at radius 1 is 1.28 bits per heavy atom. The van der Waals surface area contributed by atoms with Crippen LogP contribution in [0, 0.1) is 17.8 Å². The van der Waals surface area contributed by atoms with Gasteiger partial charge in [0.2, 0.25) is 5.91 Å². The first-order valence-electron chi connectivity index (χ1n) is 7.36. The lowest BCUT2D eigenvalue weighted by molar-refractivity contribution is -0.142. The Hall–Kier alpha value is -0.610. The molecule has 0 aromatic rings. The molecule has 18 heavy (non-hydrogen) atoms. The molecular formula is C14H24N2O2. The second kappa shape index (κ2) is 4.82. The number of ether oxygens (including phenoxy) is 1. The van der Waals surface area contributed by atoms with E-state index in [1.165, 1.54) is 12.8 Å². The minimum absolute atomic E-state index is 0.0515. The molecule has 3 fully saturated rings. The molecule has 102 valence electrons. The Morgan fingerprint density at radius 3 is 2.83 bits per heavy atom. The van der Waals surface area contributed by atoms with E-state index in [2.05, 4.69) is 12.2 Å².